The largest absolute Gasteiger partial charge is 0.118 e. The first-order chi connectivity index (χ1) is 4.20. The molecule has 0 aliphatic heterocycles. The van der Waals surface area contributed by atoms with Crippen LogP contribution in [0.15, 0.2) is 22.2 Å². The topological polar surface area (TPSA) is 0 Å². The Morgan fingerprint density at radius 2 is 2.11 bits per heavy atom. The van der Waals surface area contributed by atoms with Gasteiger partial charge in [0.1, 0.15) is 0 Å². The number of hydrogen-bond donors (Lipinski definition) is 0. The van der Waals surface area contributed by atoms with Crippen LogP contribution in [0.25, 0.3) is 0 Å². The second-order valence-electron chi connectivity index (χ2n) is 1.83. The van der Waals surface area contributed by atoms with E-state index < -0.39 is 0 Å². The molecule has 0 aromatic rings. The molecule has 9 heavy (non-hydrogen) atoms. The van der Waals surface area contributed by atoms with Crippen molar-refractivity contribution in [1.29, 1.82) is 0 Å². The smallest absolute Gasteiger partial charge is 0.0569 e. The molecular formula is C6H5Cl3. The Morgan fingerprint density at radius 1 is 1.44 bits per heavy atom. The molecule has 0 amide bonds. The minimum Gasteiger partial charge on any atom is -0.118 e. The highest BCUT2D eigenvalue weighted by Gasteiger charge is 2.10. The lowest BCUT2D eigenvalue weighted by Gasteiger charge is -2.08. The number of alkyl halides is 1. The Balaban J connectivity index is 2.75. The number of allylic oxidation sites excluding steroid dienone is 4. The Kier molecular flexibility index (Phi) is 2.45. The van der Waals surface area contributed by atoms with Gasteiger partial charge in [0.2, 0.25) is 0 Å². The zero-order valence-corrected chi connectivity index (χ0v) is 6.84. The van der Waals surface area contributed by atoms with Crippen LogP contribution in [0.5, 0.6) is 0 Å². The molecule has 1 rings (SSSR count). The first-order valence-corrected chi connectivity index (χ1v) is 3.76. The molecule has 0 bridgehead atoms. The van der Waals surface area contributed by atoms with Crippen LogP contribution < -0.4 is 0 Å². The molecule has 1 aliphatic carbocycles. The van der Waals surface area contributed by atoms with Crippen molar-refractivity contribution < 1.29 is 0 Å². The van der Waals surface area contributed by atoms with Gasteiger partial charge < -0.3 is 0 Å². The van der Waals surface area contributed by atoms with E-state index in [2.05, 4.69) is 0 Å². The van der Waals surface area contributed by atoms with Crippen LogP contribution in [0, 0.1) is 0 Å². The summed E-state index contributed by atoms with van der Waals surface area (Å²) < 4.78 is 0. The van der Waals surface area contributed by atoms with Crippen molar-refractivity contribution in [3.05, 3.63) is 22.2 Å². The van der Waals surface area contributed by atoms with Gasteiger partial charge in [-0.05, 0) is 6.08 Å². The molecule has 0 saturated heterocycles. The molecule has 1 atom stereocenters. The minimum atomic E-state index is 0.0139. The third-order valence-electron chi connectivity index (χ3n) is 1.08. The fourth-order valence-electron chi connectivity index (χ4n) is 0.616. The zero-order valence-electron chi connectivity index (χ0n) is 4.57. The molecule has 0 aromatic carbocycles. The Hall–Kier alpha value is 0.350. The third-order valence-corrected chi connectivity index (χ3v) is 2.19. The lowest BCUT2D eigenvalue weighted by Crippen LogP contribution is -1.98. The maximum atomic E-state index is 5.71. The lowest BCUT2D eigenvalue weighted by molar-refractivity contribution is 1.02. The summed E-state index contributed by atoms with van der Waals surface area (Å²) in [4.78, 5) is 0. The SMILES string of the molecule is ClC1=C(Cl)CC(Cl)C=C1. The normalized spacial score (nSPS) is 27.2. The summed E-state index contributed by atoms with van der Waals surface area (Å²) in [7, 11) is 0. The van der Waals surface area contributed by atoms with E-state index in [1.54, 1.807) is 6.08 Å². The molecule has 0 aromatic heterocycles. The van der Waals surface area contributed by atoms with Crippen LogP contribution in [0.3, 0.4) is 0 Å². The molecular weight excluding hydrogens is 178 g/mol. The maximum Gasteiger partial charge on any atom is 0.0569 e. The van der Waals surface area contributed by atoms with Gasteiger partial charge in [-0.1, -0.05) is 29.3 Å². The fraction of sp³-hybridized carbons (Fsp3) is 0.333. The van der Waals surface area contributed by atoms with Crippen LogP contribution in [-0.4, -0.2) is 5.38 Å². The standard InChI is InChI=1S/C6H5Cl3/c7-4-1-2-5(8)6(9)3-4/h1-2,4H,3H2. The van der Waals surface area contributed by atoms with Crippen molar-refractivity contribution in [2.24, 2.45) is 0 Å². The van der Waals surface area contributed by atoms with Gasteiger partial charge in [-0.15, -0.1) is 11.6 Å². The summed E-state index contributed by atoms with van der Waals surface area (Å²) in [5, 5.41) is 1.27. The summed E-state index contributed by atoms with van der Waals surface area (Å²) in [6.45, 7) is 0. The number of rotatable bonds is 0. The molecule has 0 saturated carbocycles. The van der Waals surface area contributed by atoms with E-state index in [1.807, 2.05) is 6.08 Å². The van der Waals surface area contributed by atoms with Crippen molar-refractivity contribution >= 4 is 34.8 Å². The van der Waals surface area contributed by atoms with E-state index in [0.717, 1.165) is 0 Å². The van der Waals surface area contributed by atoms with Crippen molar-refractivity contribution in [2.75, 3.05) is 0 Å². The van der Waals surface area contributed by atoms with Crippen molar-refractivity contribution in [3.63, 3.8) is 0 Å². The molecule has 0 radical (unpaired) electrons. The van der Waals surface area contributed by atoms with E-state index in [1.165, 1.54) is 0 Å². The summed E-state index contributed by atoms with van der Waals surface area (Å²) in [6, 6.07) is 0. The quantitative estimate of drug-likeness (QED) is 0.506. The molecule has 1 unspecified atom stereocenters. The minimum absolute atomic E-state index is 0.0139. The van der Waals surface area contributed by atoms with Gasteiger partial charge in [0.05, 0.1) is 10.4 Å². The van der Waals surface area contributed by atoms with E-state index in [0.29, 0.717) is 16.5 Å². The molecule has 0 spiro atoms. The van der Waals surface area contributed by atoms with Crippen LogP contribution in [0.1, 0.15) is 6.42 Å². The zero-order chi connectivity index (χ0) is 6.85. The predicted octanol–water partition coefficient (Wildman–Crippen LogP) is 3.24. The summed E-state index contributed by atoms with van der Waals surface area (Å²) in [6.07, 6.45) is 4.21. The molecule has 1 aliphatic rings. The van der Waals surface area contributed by atoms with Crippen LogP contribution in [0.4, 0.5) is 0 Å². The second kappa shape index (κ2) is 2.96. The highest BCUT2D eigenvalue weighted by Crippen LogP contribution is 2.27. The average Bonchev–Trinajstić information content (AvgIpc) is 1.80. The van der Waals surface area contributed by atoms with Crippen molar-refractivity contribution in [3.8, 4) is 0 Å². The maximum absolute atomic E-state index is 5.71. The van der Waals surface area contributed by atoms with Gasteiger partial charge in [0, 0.05) is 11.5 Å². The average molecular weight is 183 g/mol. The molecule has 0 nitrogen and oxygen atoms in total. The number of hydrogen-bond acceptors (Lipinski definition) is 0. The van der Waals surface area contributed by atoms with Gasteiger partial charge in [0.15, 0.2) is 0 Å². The molecule has 0 fully saturated rings. The molecule has 0 N–H and O–H groups in total. The Morgan fingerprint density at radius 3 is 2.56 bits per heavy atom. The van der Waals surface area contributed by atoms with Gasteiger partial charge >= 0.3 is 0 Å². The Bertz CT molecular complexity index is 169. The van der Waals surface area contributed by atoms with Gasteiger partial charge in [-0.3, -0.25) is 0 Å². The summed E-state index contributed by atoms with van der Waals surface area (Å²) in [5.74, 6) is 0. The molecule has 50 valence electrons. The highest BCUT2D eigenvalue weighted by atomic mass is 35.5. The van der Waals surface area contributed by atoms with E-state index in [4.69, 9.17) is 34.8 Å². The van der Waals surface area contributed by atoms with Gasteiger partial charge in [-0.2, -0.15) is 0 Å². The second-order valence-corrected chi connectivity index (χ2v) is 3.26. The van der Waals surface area contributed by atoms with E-state index in [-0.39, 0.29) is 5.38 Å². The van der Waals surface area contributed by atoms with Crippen LogP contribution in [0.2, 0.25) is 0 Å². The molecule has 3 heteroatoms. The van der Waals surface area contributed by atoms with Crippen LogP contribution in [-0.2, 0) is 0 Å². The predicted molar refractivity (Wildman–Crippen MR) is 42.1 cm³/mol. The highest BCUT2D eigenvalue weighted by molar-refractivity contribution is 6.41. The van der Waals surface area contributed by atoms with Gasteiger partial charge in [-0.25, -0.2) is 0 Å². The first-order valence-electron chi connectivity index (χ1n) is 2.56. The van der Waals surface area contributed by atoms with Gasteiger partial charge in [0.25, 0.3) is 0 Å². The van der Waals surface area contributed by atoms with Crippen LogP contribution >= 0.6 is 34.8 Å². The fourth-order valence-corrected chi connectivity index (χ4v) is 1.30. The summed E-state index contributed by atoms with van der Waals surface area (Å²) in [5.41, 5.74) is 0. The van der Waals surface area contributed by atoms with Crippen molar-refractivity contribution in [2.45, 2.75) is 11.8 Å². The Labute approximate surface area is 69.1 Å². The first kappa shape index (κ1) is 7.46. The van der Waals surface area contributed by atoms with E-state index >= 15 is 0 Å². The van der Waals surface area contributed by atoms with Crippen molar-refractivity contribution in [1.82, 2.24) is 0 Å². The molecule has 0 heterocycles. The lowest BCUT2D eigenvalue weighted by atomic mass is 10.2. The third kappa shape index (κ3) is 1.89. The number of halogens is 3. The summed E-state index contributed by atoms with van der Waals surface area (Å²) >= 11 is 17.0. The monoisotopic (exact) mass is 182 g/mol. The van der Waals surface area contributed by atoms with E-state index in [9.17, 15) is 0 Å².